The largest absolute Gasteiger partial charge is 0.416 e. The van der Waals surface area contributed by atoms with E-state index in [1.54, 1.807) is 13.0 Å². The number of allylic oxidation sites excluding steroid dienone is 2. The number of hydrogen-bond donors (Lipinski definition) is 2. The maximum atomic E-state index is 13.3. The van der Waals surface area contributed by atoms with Gasteiger partial charge in [0.1, 0.15) is 0 Å². The van der Waals surface area contributed by atoms with E-state index in [0.29, 0.717) is 12.0 Å². The second kappa shape index (κ2) is 5.82. The number of carbonyl (C=O) groups excluding carboxylic acids is 1. The van der Waals surface area contributed by atoms with Crippen LogP contribution < -0.4 is 11.5 Å². The monoisotopic (exact) mass is 311 g/mol. The molecule has 1 unspecified atom stereocenters. The van der Waals surface area contributed by atoms with Gasteiger partial charge in [0.2, 0.25) is 0 Å². The predicted octanol–water partition coefficient (Wildman–Crippen LogP) is 2.86. The molecule has 2 rings (SSSR count). The lowest BCUT2D eigenvalue weighted by Gasteiger charge is -2.19. The zero-order valence-electron chi connectivity index (χ0n) is 11.9. The molecule has 0 aliphatic heterocycles. The lowest BCUT2D eigenvalue weighted by Crippen LogP contribution is -2.24. The molecular formula is C15H16F3N3O. The molecule has 0 bridgehead atoms. The summed E-state index contributed by atoms with van der Waals surface area (Å²) in [6.45, 7) is 1.57. The molecule has 1 aromatic carbocycles. The molecule has 0 spiro atoms. The van der Waals surface area contributed by atoms with E-state index < -0.39 is 23.6 Å². The number of hydrogen-bond acceptors (Lipinski definition) is 1. The number of aliphatic imine (C=N–C) groups is 1. The first-order valence-electron chi connectivity index (χ1n) is 6.72. The average molecular weight is 311 g/mol. The second-order valence-corrected chi connectivity index (χ2v) is 5.21. The van der Waals surface area contributed by atoms with Crippen molar-refractivity contribution in [1.29, 1.82) is 0 Å². The van der Waals surface area contributed by atoms with Gasteiger partial charge < -0.3 is 11.5 Å². The fraction of sp³-hybridized carbons (Fsp3) is 0.333. The normalized spacial score (nSPS) is 17.5. The maximum Gasteiger partial charge on any atom is 0.416 e. The van der Waals surface area contributed by atoms with Gasteiger partial charge >= 0.3 is 6.18 Å². The Kier molecular flexibility index (Phi) is 4.25. The molecule has 0 fully saturated rings. The van der Waals surface area contributed by atoms with Crippen LogP contribution in [0.1, 0.15) is 45.8 Å². The second-order valence-electron chi connectivity index (χ2n) is 5.21. The summed E-state index contributed by atoms with van der Waals surface area (Å²) >= 11 is 0. The lowest BCUT2D eigenvalue weighted by atomic mass is 9.89. The molecule has 4 N–H and O–H groups in total. The topological polar surface area (TPSA) is 81.5 Å². The highest BCUT2D eigenvalue weighted by molar-refractivity contribution is 6.03. The Balaban J connectivity index is 2.58. The van der Waals surface area contributed by atoms with Crippen LogP contribution in [0.25, 0.3) is 0 Å². The molecule has 1 aliphatic rings. The van der Waals surface area contributed by atoms with Crippen LogP contribution in [0.5, 0.6) is 0 Å². The van der Waals surface area contributed by atoms with Crippen molar-refractivity contribution in [3.63, 3.8) is 0 Å². The maximum absolute atomic E-state index is 13.3. The summed E-state index contributed by atoms with van der Waals surface area (Å²) in [5.41, 5.74) is 9.85. The fourth-order valence-electron chi connectivity index (χ4n) is 2.58. The Labute approximate surface area is 125 Å². The van der Waals surface area contributed by atoms with E-state index in [-0.39, 0.29) is 17.0 Å². The minimum Gasteiger partial charge on any atom is -0.370 e. The summed E-state index contributed by atoms with van der Waals surface area (Å²) in [5, 5.41) is 0. The SMILES string of the molecule is Cc1cc(C2C=CCC2)c(C(F)(F)F)cc1C(=O)N=C(N)N. The van der Waals surface area contributed by atoms with Gasteiger partial charge in [-0.15, -0.1) is 0 Å². The first-order valence-corrected chi connectivity index (χ1v) is 6.72. The highest BCUT2D eigenvalue weighted by Crippen LogP contribution is 2.40. The van der Waals surface area contributed by atoms with E-state index >= 15 is 0 Å². The highest BCUT2D eigenvalue weighted by Gasteiger charge is 2.36. The number of guanidine groups is 1. The molecular weight excluding hydrogens is 295 g/mol. The molecule has 1 amide bonds. The number of nitrogens with zero attached hydrogens (tertiary/aromatic N) is 1. The van der Waals surface area contributed by atoms with Gasteiger partial charge in [0, 0.05) is 11.5 Å². The summed E-state index contributed by atoms with van der Waals surface area (Å²) in [4.78, 5) is 15.2. The third kappa shape index (κ3) is 3.29. The minimum absolute atomic E-state index is 0.147. The van der Waals surface area contributed by atoms with E-state index in [2.05, 4.69) is 4.99 Å². The number of benzene rings is 1. The van der Waals surface area contributed by atoms with Gasteiger partial charge in [0.05, 0.1) is 5.56 Å². The van der Waals surface area contributed by atoms with Crippen LogP contribution in [0.4, 0.5) is 13.2 Å². The van der Waals surface area contributed by atoms with Crippen LogP contribution in [0.15, 0.2) is 29.3 Å². The van der Waals surface area contributed by atoms with Crippen LogP contribution >= 0.6 is 0 Å². The summed E-state index contributed by atoms with van der Waals surface area (Å²) < 4.78 is 40.0. The van der Waals surface area contributed by atoms with Gasteiger partial charge in [0.25, 0.3) is 5.91 Å². The number of carbonyl (C=O) groups is 1. The van der Waals surface area contributed by atoms with Crippen molar-refractivity contribution in [3.05, 3.63) is 46.5 Å². The summed E-state index contributed by atoms with van der Waals surface area (Å²) in [5.74, 6) is -1.65. The summed E-state index contributed by atoms with van der Waals surface area (Å²) in [6, 6.07) is 2.24. The van der Waals surface area contributed by atoms with Gasteiger partial charge in [-0.3, -0.25) is 4.79 Å². The third-order valence-electron chi connectivity index (χ3n) is 3.58. The van der Waals surface area contributed by atoms with Gasteiger partial charge in [-0.05, 0) is 37.0 Å². The van der Waals surface area contributed by atoms with Crippen LogP contribution in [0.3, 0.4) is 0 Å². The van der Waals surface area contributed by atoms with Crippen molar-refractivity contribution in [1.82, 2.24) is 0 Å². The Morgan fingerprint density at radius 2 is 2.00 bits per heavy atom. The van der Waals surface area contributed by atoms with Crippen LogP contribution in [0, 0.1) is 6.92 Å². The number of rotatable bonds is 2. The van der Waals surface area contributed by atoms with Gasteiger partial charge in [-0.1, -0.05) is 18.2 Å². The molecule has 0 saturated carbocycles. The number of alkyl halides is 3. The Morgan fingerprint density at radius 1 is 1.32 bits per heavy atom. The van der Waals surface area contributed by atoms with Gasteiger partial charge in [-0.2, -0.15) is 18.2 Å². The van der Waals surface area contributed by atoms with Crippen LogP contribution in [-0.4, -0.2) is 11.9 Å². The van der Waals surface area contributed by atoms with Crippen molar-refractivity contribution in [2.75, 3.05) is 0 Å². The number of aryl methyl sites for hydroxylation is 1. The molecule has 118 valence electrons. The molecule has 0 aromatic heterocycles. The molecule has 0 radical (unpaired) electrons. The van der Waals surface area contributed by atoms with Gasteiger partial charge in [-0.25, -0.2) is 0 Å². The first-order chi connectivity index (χ1) is 10.2. The molecule has 1 aromatic rings. The van der Waals surface area contributed by atoms with Crippen LogP contribution in [-0.2, 0) is 6.18 Å². The third-order valence-corrected chi connectivity index (χ3v) is 3.58. The smallest absolute Gasteiger partial charge is 0.370 e. The Hall–Kier alpha value is -2.31. The number of halogens is 3. The van der Waals surface area contributed by atoms with Crippen molar-refractivity contribution in [3.8, 4) is 0 Å². The van der Waals surface area contributed by atoms with Crippen molar-refractivity contribution in [2.45, 2.75) is 31.9 Å². The average Bonchev–Trinajstić information content (AvgIpc) is 2.89. The molecule has 4 nitrogen and oxygen atoms in total. The highest BCUT2D eigenvalue weighted by atomic mass is 19.4. The Morgan fingerprint density at radius 3 is 2.50 bits per heavy atom. The van der Waals surface area contributed by atoms with Crippen molar-refractivity contribution < 1.29 is 18.0 Å². The lowest BCUT2D eigenvalue weighted by molar-refractivity contribution is -0.138. The van der Waals surface area contributed by atoms with E-state index in [1.807, 2.05) is 6.08 Å². The van der Waals surface area contributed by atoms with E-state index in [0.717, 1.165) is 12.5 Å². The first kappa shape index (κ1) is 16.1. The van der Waals surface area contributed by atoms with Crippen LogP contribution in [0.2, 0.25) is 0 Å². The van der Waals surface area contributed by atoms with Gasteiger partial charge in [0.15, 0.2) is 5.96 Å². The van der Waals surface area contributed by atoms with E-state index in [9.17, 15) is 18.0 Å². The molecule has 1 atom stereocenters. The van der Waals surface area contributed by atoms with Crippen molar-refractivity contribution in [2.24, 2.45) is 16.5 Å². The Bertz CT molecular complexity index is 659. The molecule has 0 heterocycles. The van der Waals surface area contributed by atoms with E-state index in [4.69, 9.17) is 11.5 Å². The predicted molar refractivity (Wildman–Crippen MR) is 77.4 cm³/mol. The summed E-state index contributed by atoms with van der Waals surface area (Å²) in [6.07, 6.45) is 0.450. The standard InChI is InChI=1S/C15H16F3N3O/c1-8-6-11(9-4-2-3-5-9)12(15(16,17)18)7-10(8)13(22)21-14(19)20/h2,4,6-7,9H,3,5H2,1H3,(H4,19,20,21,22). The summed E-state index contributed by atoms with van der Waals surface area (Å²) in [7, 11) is 0. The number of amides is 1. The molecule has 7 heteroatoms. The molecule has 22 heavy (non-hydrogen) atoms. The number of nitrogens with two attached hydrogens (primary N) is 2. The molecule has 0 saturated heterocycles. The fourth-order valence-corrected chi connectivity index (χ4v) is 2.58. The quantitative estimate of drug-likeness (QED) is 0.500. The zero-order valence-corrected chi connectivity index (χ0v) is 11.9. The zero-order chi connectivity index (χ0) is 16.5. The molecule has 1 aliphatic carbocycles. The minimum atomic E-state index is -4.55. The van der Waals surface area contributed by atoms with Crippen molar-refractivity contribution >= 4 is 11.9 Å². The van der Waals surface area contributed by atoms with E-state index in [1.165, 1.54) is 6.07 Å².